The number of carboxylic acid groups (broad SMARTS) is 1. The number of anilines is 2. The van der Waals surface area contributed by atoms with Crippen LogP contribution in [0.5, 0.6) is 0 Å². The van der Waals surface area contributed by atoms with Crippen LogP contribution in [0.2, 0.25) is 5.02 Å². The van der Waals surface area contributed by atoms with Crippen molar-refractivity contribution >= 4 is 39.8 Å². The number of nitrogens with zero attached hydrogens (tertiary/aromatic N) is 2. The molecule has 0 amide bonds. The summed E-state index contributed by atoms with van der Waals surface area (Å²) in [7, 11) is 0. The molecule has 0 saturated carbocycles. The fourth-order valence-corrected chi connectivity index (χ4v) is 3.16. The van der Waals surface area contributed by atoms with Crippen LogP contribution in [-0.2, 0) is 4.74 Å². The van der Waals surface area contributed by atoms with Crippen molar-refractivity contribution in [2.45, 2.75) is 34.1 Å². The molecule has 0 unspecified atom stereocenters. The molecule has 0 saturated heterocycles. The second-order valence-electron chi connectivity index (χ2n) is 6.37. The Morgan fingerprint density at radius 2 is 1.85 bits per heavy atom. The quantitative estimate of drug-likeness (QED) is 0.352. The number of ether oxygens (including phenoxy) is 1. The Morgan fingerprint density at radius 1 is 1.12 bits per heavy atom. The molecule has 0 aliphatic carbocycles. The van der Waals surface area contributed by atoms with Crippen molar-refractivity contribution < 1.29 is 19.0 Å². The van der Waals surface area contributed by atoms with Crippen molar-refractivity contribution in [2.75, 3.05) is 31.2 Å². The molecule has 6 nitrogen and oxygen atoms in total. The van der Waals surface area contributed by atoms with E-state index >= 15 is 0 Å². The monoisotopic (exact) mass is 477 g/mol. The average Bonchev–Trinajstić information content (AvgIpc) is 2.85. The number of halogens is 2. The summed E-state index contributed by atoms with van der Waals surface area (Å²) in [5.41, 5.74) is 7.68. The Kier molecular flexibility index (Phi) is 13.0. The lowest BCUT2D eigenvalue weighted by molar-refractivity contribution is 0.0697. The molecule has 3 aromatic rings. The minimum atomic E-state index is -1.02. The third-order valence-electron chi connectivity index (χ3n) is 4.42. The zero-order valence-electron chi connectivity index (χ0n) is 19.6. The molecule has 0 fully saturated rings. The van der Waals surface area contributed by atoms with Crippen LogP contribution in [0, 0.1) is 5.82 Å². The van der Waals surface area contributed by atoms with E-state index in [1.54, 1.807) is 30.5 Å². The van der Waals surface area contributed by atoms with E-state index in [9.17, 15) is 14.3 Å². The lowest BCUT2D eigenvalue weighted by Gasteiger charge is -2.26. The molecule has 0 spiro atoms. The Hall–Kier alpha value is -2.74. The topological polar surface area (TPSA) is 88.7 Å². The largest absolute Gasteiger partial charge is 0.478 e. The molecule has 8 heteroatoms. The molecule has 0 atom stereocenters. The van der Waals surface area contributed by atoms with Gasteiger partial charge in [0.25, 0.3) is 0 Å². The number of carbonyl (C=O) groups is 1. The van der Waals surface area contributed by atoms with Crippen molar-refractivity contribution in [3.8, 4) is 0 Å². The second kappa shape index (κ2) is 15.2. The highest BCUT2D eigenvalue weighted by Gasteiger charge is 2.16. The Balaban J connectivity index is 0.00000129. The van der Waals surface area contributed by atoms with Crippen molar-refractivity contribution in [3.05, 3.63) is 65.1 Å². The van der Waals surface area contributed by atoms with E-state index in [2.05, 4.69) is 4.98 Å². The minimum Gasteiger partial charge on any atom is -0.478 e. The highest BCUT2D eigenvalue weighted by Crippen LogP contribution is 2.33. The highest BCUT2D eigenvalue weighted by atomic mass is 35.5. The molecule has 0 aliphatic rings. The van der Waals surface area contributed by atoms with Gasteiger partial charge in [-0.2, -0.15) is 0 Å². The van der Waals surface area contributed by atoms with Crippen LogP contribution in [0.1, 0.15) is 44.5 Å². The summed E-state index contributed by atoms with van der Waals surface area (Å²) in [6.45, 7) is 9.93. The first-order valence-corrected chi connectivity index (χ1v) is 11.5. The van der Waals surface area contributed by atoms with Crippen molar-refractivity contribution in [1.82, 2.24) is 4.98 Å². The number of aromatic nitrogens is 1. The van der Waals surface area contributed by atoms with Gasteiger partial charge in [-0.25, -0.2) is 9.18 Å². The van der Waals surface area contributed by atoms with Crippen LogP contribution in [0.3, 0.4) is 0 Å². The average molecular weight is 478 g/mol. The number of fused-ring (bicyclic) bond motifs is 1. The zero-order chi connectivity index (χ0) is 24.8. The fraction of sp³-hybridized carbons (Fsp3) is 0.360. The third kappa shape index (κ3) is 7.96. The van der Waals surface area contributed by atoms with Crippen LogP contribution in [0.15, 0.2) is 48.7 Å². The van der Waals surface area contributed by atoms with Gasteiger partial charge in [0.2, 0.25) is 0 Å². The molecule has 3 rings (SSSR count). The van der Waals surface area contributed by atoms with Gasteiger partial charge in [-0.1, -0.05) is 39.3 Å². The second-order valence-corrected chi connectivity index (χ2v) is 6.78. The lowest BCUT2D eigenvalue weighted by Crippen LogP contribution is -2.23. The molecule has 3 N–H and O–H groups in total. The third-order valence-corrected chi connectivity index (χ3v) is 4.71. The molecular formula is C25H33ClFN3O3. The van der Waals surface area contributed by atoms with Gasteiger partial charge >= 0.3 is 5.97 Å². The van der Waals surface area contributed by atoms with Crippen molar-refractivity contribution in [3.63, 3.8) is 0 Å². The first kappa shape index (κ1) is 28.3. The number of rotatable bonds is 9. The van der Waals surface area contributed by atoms with E-state index in [1.165, 1.54) is 18.2 Å². The Bertz CT molecular complexity index is 1020. The number of benzene rings is 2. The molecule has 0 aliphatic heterocycles. The Labute approximate surface area is 200 Å². The van der Waals surface area contributed by atoms with Crippen molar-refractivity contribution in [2.24, 2.45) is 5.73 Å². The maximum absolute atomic E-state index is 13.7. The van der Waals surface area contributed by atoms with E-state index in [1.807, 2.05) is 32.6 Å². The molecule has 2 aromatic carbocycles. The maximum Gasteiger partial charge on any atom is 0.335 e. The molecular weight excluding hydrogens is 445 g/mol. The summed E-state index contributed by atoms with van der Waals surface area (Å²) in [6, 6.07) is 11.0. The van der Waals surface area contributed by atoms with Crippen LogP contribution >= 0.6 is 11.6 Å². The van der Waals surface area contributed by atoms with Gasteiger partial charge in [0, 0.05) is 30.4 Å². The fourth-order valence-electron chi connectivity index (χ4n) is 2.98. The first-order valence-electron chi connectivity index (χ1n) is 11.1. The number of pyridine rings is 1. The molecule has 1 heterocycles. The number of hydrogen-bond donors (Lipinski definition) is 2. The summed E-state index contributed by atoms with van der Waals surface area (Å²) in [6.07, 6.45) is 2.40. The van der Waals surface area contributed by atoms with E-state index in [0.717, 1.165) is 12.1 Å². The SMILES string of the molecule is CC.CC.NCCCOCCN(c1ccc(F)c(Cl)c1)c1ccnc2ccc(C(=O)O)cc12. The predicted octanol–water partition coefficient (Wildman–Crippen LogP) is 6.28. The summed E-state index contributed by atoms with van der Waals surface area (Å²) in [4.78, 5) is 17.7. The zero-order valence-corrected chi connectivity index (χ0v) is 20.4. The maximum atomic E-state index is 13.7. The number of nitrogens with two attached hydrogens (primary N) is 1. The Morgan fingerprint density at radius 3 is 2.48 bits per heavy atom. The molecule has 0 bridgehead atoms. The molecule has 0 radical (unpaired) electrons. The van der Waals surface area contributed by atoms with Crippen LogP contribution < -0.4 is 10.6 Å². The van der Waals surface area contributed by atoms with Gasteiger partial charge in [-0.15, -0.1) is 0 Å². The standard InChI is InChI=1S/C21H21ClFN3O3.2C2H6/c22-17-13-15(3-4-18(17)23)26(9-11-29-10-1-7-24)20-6-8-25-19-5-2-14(21(27)28)12-16(19)20;2*1-2/h2-6,8,12-13H,1,7,9-11,24H2,(H,27,28);2*1-2H3. The molecule has 180 valence electrons. The van der Waals surface area contributed by atoms with Crippen LogP contribution in [-0.4, -0.2) is 42.4 Å². The molecule has 1 aromatic heterocycles. The van der Waals surface area contributed by atoms with Gasteiger partial charge in [0.05, 0.1) is 28.4 Å². The van der Waals surface area contributed by atoms with Crippen LogP contribution in [0.4, 0.5) is 15.8 Å². The summed E-state index contributed by atoms with van der Waals surface area (Å²) >= 11 is 6.00. The van der Waals surface area contributed by atoms with Gasteiger partial charge in [0.15, 0.2) is 0 Å². The molecule has 33 heavy (non-hydrogen) atoms. The predicted molar refractivity (Wildman–Crippen MR) is 134 cm³/mol. The smallest absolute Gasteiger partial charge is 0.335 e. The highest BCUT2D eigenvalue weighted by molar-refractivity contribution is 6.31. The van der Waals surface area contributed by atoms with Gasteiger partial charge in [-0.3, -0.25) is 4.98 Å². The van der Waals surface area contributed by atoms with Crippen molar-refractivity contribution in [1.29, 1.82) is 0 Å². The number of aromatic carboxylic acids is 1. The summed E-state index contributed by atoms with van der Waals surface area (Å²) in [5.74, 6) is -1.54. The number of carboxylic acids is 1. The lowest BCUT2D eigenvalue weighted by atomic mass is 10.1. The minimum absolute atomic E-state index is 0.00105. The summed E-state index contributed by atoms with van der Waals surface area (Å²) < 4.78 is 19.3. The van der Waals surface area contributed by atoms with Gasteiger partial charge in [-0.05, 0) is 55.4 Å². The summed E-state index contributed by atoms with van der Waals surface area (Å²) in [5, 5.41) is 10.0. The van der Waals surface area contributed by atoms with Crippen LogP contribution in [0.25, 0.3) is 10.9 Å². The first-order chi connectivity index (χ1) is 16.0. The normalized spacial score (nSPS) is 10.0. The van der Waals surface area contributed by atoms with Gasteiger partial charge < -0.3 is 20.5 Å². The van der Waals surface area contributed by atoms with E-state index in [0.29, 0.717) is 42.9 Å². The van der Waals surface area contributed by atoms with E-state index < -0.39 is 11.8 Å². The van der Waals surface area contributed by atoms with E-state index in [-0.39, 0.29) is 10.6 Å². The van der Waals surface area contributed by atoms with Gasteiger partial charge in [0.1, 0.15) is 5.82 Å². The van der Waals surface area contributed by atoms with E-state index in [4.69, 9.17) is 22.1 Å². The number of hydrogen-bond acceptors (Lipinski definition) is 5.